The highest BCUT2D eigenvalue weighted by Gasteiger charge is 2.15. The summed E-state index contributed by atoms with van der Waals surface area (Å²) < 4.78 is 4.99. The third-order valence-electron chi connectivity index (χ3n) is 2.36. The molecule has 0 radical (unpaired) electrons. The van der Waals surface area contributed by atoms with E-state index in [2.05, 4.69) is 4.98 Å². The van der Waals surface area contributed by atoms with Gasteiger partial charge in [-0.05, 0) is 18.2 Å². The lowest BCUT2D eigenvalue weighted by Crippen LogP contribution is -2.06. The molecule has 1 heterocycles. The Balaban J connectivity index is 2.07. The summed E-state index contributed by atoms with van der Waals surface area (Å²) in [6.07, 6.45) is 1.60. The third kappa shape index (κ3) is 2.54. The number of nitrogens with one attached hydrogen (secondary N) is 1. The van der Waals surface area contributed by atoms with Crippen LogP contribution in [-0.4, -0.2) is 15.9 Å². The van der Waals surface area contributed by atoms with E-state index in [0.29, 0.717) is 11.3 Å². The zero-order valence-electron chi connectivity index (χ0n) is 9.33. The summed E-state index contributed by atoms with van der Waals surface area (Å²) in [5.41, 5.74) is 0.618. The van der Waals surface area contributed by atoms with Gasteiger partial charge in [0.1, 0.15) is 12.3 Å². The molecule has 0 saturated heterocycles. The molecule has 0 fully saturated rings. The summed E-state index contributed by atoms with van der Waals surface area (Å²) >= 11 is 0. The number of hydrogen-bond acceptors (Lipinski definition) is 4. The number of aromatic nitrogens is 1. The third-order valence-corrected chi connectivity index (χ3v) is 2.36. The van der Waals surface area contributed by atoms with Gasteiger partial charge in [0.25, 0.3) is 5.69 Å². The van der Waals surface area contributed by atoms with Crippen molar-refractivity contribution in [3.63, 3.8) is 0 Å². The van der Waals surface area contributed by atoms with Crippen LogP contribution in [0.1, 0.15) is 16.1 Å². The quantitative estimate of drug-likeness (QED) is 0.509. The Kier molecular flexibility index (Phi) is 3.38. The van der Waals surface area contributed by atoms with Gasteiger partial charge < -0.3 is 9.72 Å². The second-order valence-electron chi connectivity index (χ2n) is 3.55. The summed E-state index contributed by atoms with van der Waals surface area (Å²) in [6, 6.07) is 9.39. The highest BCUT2D eigenvalue weighted by atomic mass is 16.6. The normalized spacial score (nSPS) is 10.0. The number of H-pyrrole nitrogens is 1. The molecular weight excluding hydrogens is 236 g/mol. The van der Waals surface area contributed by atoms with Gasteiger partial charge in [-0.2, -0.15) is 0 Å². The molecule has 0 aliphatic carbocycles. The second-order valence-corrected chi connectivity index (χ2v) is 3.55. The first kappa shape index (κ1) is 11.8. The summed E-state index contributed by atoms with van der Waals surface area (Å²) in [5, 5.41) is 10.8. The molecule has 0 saturated carbocycles. The number of nitro benzene ring substituents is 1. The van der Waals surface area contributed by atoms with E-state index in [9.17, 15) is 14.9 Å². The van der Waals surface area contributed by atoms with Crippen molar-refractivity contribution in [1.29, 1.82) is 0 Å². The van der Waals surface area contributed by atoms with E-state index < -0.39 is 10.9 Å². The first-order valence-corrected chi connectivity index (χ1v) is 5.21. The van der Waals surface area contributed by atoms with E-state index in [1.165, 1.54) is 6.07 Å². The minimum Gasteiger partial charge on any atom is -0.456 e. The highest BCUT2D eigenvalue weighted by molar-refractivity contribution is 5.87. The van der Waals surface area contributed by atoms with Crippen molar-refractivity contribution in [2.45, 2.75) is 6.61 Å². The molecule has 0 bridgehead atoms. The van der Waals surface area contributed by atoms with E-state index in [1.807, 2.05) is 0 Å². The van der Waals surface area contributed by atoms with Crippen molar-refractivity contribution in [2.24, 2.45) is 0 Å². The average Bonchev–Trinajstić information content (AvgIpc) is 2.90. The zero-order valence-corrected chi connectivity index (χ0v) is 9.33. The minimum absolute atomic E-state index is 0.0585. The maximum Gasteiger partial charge on any atom is 0.355 e. The van der Waals surface area contributed by atoms with Gasteiger partial charge in [0, 0.05) is 12.3 Å². The van der Waals surface area contributed by atoms with Crippen LogP contribution in [0.3, 0.4) is 0 Å². The van der Waals surface area contributed by atoms with Crippen molar-refractivity contribution in [1.82, 2.24) is 4.98 Å². The molecule has 1 N–H and O–H groups in total. The largest absolute Gasteiger partial charge is 0.456 e. The van der Waals surface area contributed by atoms with Gasteiger partial charge in [0.15, 0.2) is 0 Å². The van der Waals surface area contributed by atoms with Crippen LogP contribution in [0, 0.1) is 10.1 Å². The van der Waals surface area contributed by atoms with Crippen LogP contribution in [0.5, 0.6) is 0 Å². The van der Waals surface area contributed by atoms with Crippen LogP contribution >= 0.6 is 0 Å². The van der Waals surface area contributed by atoms with Gasteiger partial charge in [-0.1, -0.05) is 12.1 Å². The Morgan fingerprint density at radius 1 is 1.28 bits per heavy atom. The smallest absolute Gasteiger partial charge is 0.355 e. The number of nitro groups is 1. The summed E-state index contributed by atoms with van der Waals surface area (Å²) in [4.78, 5) is 24.5. The lowest BCUT2D eigenvalue weighted by atomic mass is 10.2. The number of ether oxygens (including phenoxy) is 1. The molecule has 6 heteroatoms. The van der Waals surface area contributed by atoms with Crippen molar-refractivity contribution in [3.8, 4) is 0 Å². The Hall–Kier alpha value is -2.63. The van der Waals surface area contributed by atoms with E-state index in [1.54, 1.807) is 36.5 Å². The molecule has 1 aromatic carbocycles. The van der Waals surface area contributed by atoms with E-state index >= 15 is 0 Å². The van der Waals surface area contributed by atoms with Gasteiger partial charge in [-0.3, -0.25) is 10.1 Å². The molecule has 2 rings (SSSR count). The summed E-state index contributed by atoms with van der Waals surface area (Å²) in [5.74, 6) is -0.543. The molecule has 0 atom stereocenters. The lowest BCUT2D eigenvalue weighted by Gasteiger charge is -2.04. The minimum atomic E-state index is -0.543. The standard InChI is InChI=1S/C12H10N2O4/c15-12(10-5-3-7-13-10)18-8-9-4-1-2-6-11(9)14(16)17/h1-7,13H,8H2. The average molecular weight is 246 g/mol. The van der Waals surface area contributed by atoms with E-state index in [0.717, 1.165) is 0 Å². The molecule has 92 valence electrons. The fraction of sp³-hybridized carbons (Fsp3) is 0.0833. The number of hydrogen-bond donors (Lipinski definition) is 1. The van der Waals surface area contributed by atoms with Crippen molar-refractivity contribution in [2.75, 3.05) is 0 Å². The number of aromatic amines is 1. The van der Waals surface area contributed by atoms with Gasteiger partial charge in [0.05, 0.1) is 10.5 Å². The lowest BCUT2D eigenvalue weighted by molar-refractivity contribution is -0.385. The monoisotopic (exact) mass is 246 g/mol. The van der Waals surface area contributed by atoms with E-state index in [4.69, 9.17) is 4.74 Å². The van der Waals surface area contributed by atoms with E-state index in [-0.39, 0.29) is 12.3 Å². The van der Waals surface area contributed by atoms with Crippen molar-refractivity contribution >= 4 is 11.7 Å². The molecule has 0 unspecified atom stereocenters. The predicted molar refractivity (Wildman–Crippen MR) is 63.0 cm³/mol. The Morgan fingerprint density at radius 2 is 2.06 bits per heavy atom. The molecule has 0 amide bonds. The van der Waals surface area contributed by atoms with Crippen LogP contribution in [0.25, 0.3) is 0 Å². The van der Waals surface area contributed by atoms with Gasteiger partial charge in [-0.25, -0.2) is 4.79 Å². The van der Waals surface area contributed by atoms with Crippen LogP contribution in [-0.2, 0) is 11.3 Å². The van der Waals surface area contributed by atoms with Crippen LogP contribution in [0.15, 0.2) is 42.6 Å². The number of rotatable bonds is 4. The number of benzene rings is 1. The molecule has 1 aromatic heterocycles. The number of esters is 1. The zero-order chi connectivity index (χ0) is 13.0. The summed E-state index contributed by atoms with van der Waals surface area (Å²) in [7, 11) is 0. The molecule has 2 aromatic rings. The highest BCUT2D eigenvalue weighted by Crippen LogP contribution is 2.18. The molecule has 0 aliphatic heterocycles. The molecule has 0 aliphatic rings. The maximum absolute atomic E-state index is 11.5. The van der Waals surface area contributed by atoms with Crippen LogP contribution < -0.4 is 0 Å². The molecular formula is C12H10N2O4. The van der Waals surface area contributed by atoms with Crippen molar-refractivity contribution < 1.29 is 14.5 Å². The fourth-order valence-electron chi connectivity index (χ4n) is 1.49. The second kappa shape index (κ2) is 5.13. The number of carbonyl (C=O) groups is 1. The molecule has 0 spiro atoms. The van der Waals surface area contributed by atoms with Gasteiger partial charge in [-0.15, -0.1) is 0 Å². The predicted octanol–water partition coefficient (Wildman–Crippen LogP) is 2.28. The van der Waals surface area contributed by atoms with Crippen molar-refractivity contribution in [3.05, 3.63) is 64.0 Å². The Morgan fingerprint density at radius 3 is 2.72 bits per heavy atom. The van der Waals surface area contributed by atoms with Crippen LogP contribution in [0.4, 0.5) is 5.69 Å². The van der Waals surface area contributed by atoms with Crippen LogP contribution in [0.2, 0.25) is 0 Å². The number of para-hydroxylation sites is 1. The molecule has 6 nitrogen and oxygen atoms in total. The fourth-order valence-corrected chi connectivity index (χ4v) is 1.49. The first-order chi connectivity index (χ1) is 8.68. The van der Waals surface area contributed by atoms with Gasteiger partial charge in [0.2, 0.25) is 0 Å². The summed E-state index contributed by atoms with van der Waals surface area (Å²) in [6.45, 7) is -0.130. The maximum atomic E-state index is 11.5. The Labute approximate surface area is 102 Å². The Bertz CT molecular complexity index is 563. The molecule has 18 heavy (non-hydrogen) atoms. The number of nitrogens with zero attached hydrogens (tertiary/aromatic N) is 1. The first-order valence-electron chi connectivity index (χ1n) is 5.21. The topological polar surface area (TPSA) is 85.2 Å². The number of carbonyl (C=O) groups excluding carboxylic acids is 1. The van der Waals surface area contributed by atoms with Gasteiger partial charge >= 0.3 is 5.97 Å². The SMILES string of the molecule is O=C(OCc1ccccc1[N+](=O)[O-])c1ccc[nH]1.